The first-order valence-corrected chi connectivity index (χ1v) is 6.79. The van der Waals surface area contributed by atoms with Gasteiger partial charge in [0, 0.05) is 11.9 Å². The Morgan fingerprint density at radius 2 is 2.14 bits per heavy atom. The van der Waals surface area contributed by atoms with Crippen LogP contribution in [0.2, 0.25) is 0 Å². The van der Waals surface area contributed by atoms with Crippen LogP contribution in [0.5, 0.6) is 0 Å². The third-order valence-corrected chi connectivity index (χ3v) is 2.96. The summed E-state index contributed by atoms with van der Waals surface area (Å²) in [6.07, 6.45) is 1.52. The van der Waals surface area contributed by atoms with Crippen molar-refractivity contribution in [1.82, 2.24) is 4.98 Å². The molecule has 21 heavy (non-hydrogen) atoms. The van der Waals surface area contributed by atoms with Crippen molar-refractivity contribution in [2.75, 3.05) is 5.32 Å². The maximum atomic E-state index is 9.54. The predicted octanol–water partition coefficient (Wildman–Crippen LogP) is 2.62. The largest absolute Gasteiger partial charge is 0.491 e. The third kappa shape index (κ3) is 3.40. The normalized spacial score (nSPS) is 12.0. The van der Waals surface area contributed by atoms with Crippen molar-refractivity contribution in [1.29, 1.82) is 0 Å². The monoisotopic (exact) mass is 281 g/mol. The van der Waals surface area contributed by atoms with E-state index in [1.54, 1.807) is 12.1 Å². The average Bonchev–Trinajstić information content (AvgIpc) is 2.91. The van der Waals surface area contributed by atoms with Crippen molar-refractivity contribution < 1.29 is 9.68 Å². The van der Waals surface area contributed by atoms with E-state index in [-0.39, 0.29) is 0 Å². The van der Waals surface area contributed by atoms with Gasteiger partial charge >= 0.3 is 7.12 Å². The van der Waals surface area contributed by atoms with Crippen molar-refractivity contribution in [2.24, 2.45) is 0 Å². The number of benzene rings is 1. The van der Waals surface area contributed by atoms with Gasteiger partial charge in [0.1, 0.15) is 5.82 Å². The molecule has 1 aromatic carbocycles. The molecule has 0 unspecified atom stereocenters. The molecular weight excluding hydrogens is 265 g/mol. The van der Waals surface area contributed by atoms with Crippen LogP contribution in [-0.4, -0.2) is 17.1 Å². The first-order valence-electron chi connectivity index (χ1n) is 6.79. The predicted molar refractivity (Wildman–Crippen MR) is 84.0 cm³/mol. The number of hydrogen-bond acceptors (Lipinski definition) is 4. The molecule has 0 atom stereocenters. The number of hydrogen-bond donors (Lipinski definition) is 2. The fourth-order valence-corrected chi connectivity index (χ4v) is 1.98. The van der Waals surface area contributed by atoms with E-state index in [1.807, 2.05) is 32.0 Å². The molecule has 1 aromatic heterocycles. The first-order chi connectivity index (χ1) is 10.3. The highest BCUT2D eigenvalue weighted by Crippen LogP contribution is 2.20. The number of anilines is 2. The third-order valence-electron chi connectivity index (χ3n) is 2.96. The van der Waals surface area contributed by atoms with Crippen molar-refractivity contribution in [2.45, 2.75) is 20.5 Å². The van der Waals surface area contributed by atoms with E-state index in [1.165, 1.54) is 6.20 Å². The number of nitrogens with zero attached hydrogens (tertiary/aromatic N) is 2. The SMILES string of the molecule is CC.[C-]#[N+]c1ccc(Nc2ccc3c(c2)COB3O)nc1. The zero-order chi connectivity index (χ0) is 15.2. The number of aromatic nitrogens is 1. The van der Waals surface area contributed by atoms with Crippen LogP contribution in [0.4, 0.5) is 17.2 Å². The summed E-state index contributed by atoms with van der Waals surface area (Å²) >= 11 is 0. The van der Waals surface area contributed by atoms with Gasteiger partial charge in [0.25, 0.3) is 0 Å². The van der Waals surface area contributed by atoms with Crippen molar-refractivity contribution in [3.05, 3.63) is 53.5 Å². The molecule has 0 bridgehead atoms. The van der Waals surface area contributed by atoms with Crippen LogP contribution in [0, 0.1) is 6.57 Å². The Bertz CT molecular complexity index is 653. The van der Waals surface area contributed by atoms with Gasteiger partial charge < -0.3 is 15.0 Å². The zero-order valence-electron chi connectivity index (χ0n) is 12.0. The van der Waals surface area contributed by atoms with E-state index >= 15 is 0 Å². The molecule has 1 aliphatic heterocycles. The second-order valence-electron chi connectivity index (χ2n) is 4.22. The smallest absolute Gasteiger partial charge is 0.423 e. The average molecular weight is 281 g/mol. The Kier molecular flexibility index (Phi) is 4.93. The Balaban J connectivity index is 0.000000774. The van der Waals surface area contributed by atoms with Crippen LogP contribution in [0.25, 0.3) is 4.85 Å². The topological polar surface area (TPSA) is 58.7 Å². The molecule has 0 aliphatic carbocycles. The molecule has 0 radical (unpaired) electrons. The lowest BCUT2D eigenvalue weighted by Gasteiger charge is -2.07. The fraction of sp³-hybridized carbons (Fsp3) is 0.200. The molecule has 3 rings (SSSR count). The standard InChI is InChI=1S/C13H10BN3O2.C2H6/c1-15-11-3-5-13(16-7-11)17-10-2-4-12-9(6-10)8-19-14(12)18;1-2/h2-7,18H,8H2,(H,16,17);1-2H3. The summed E-state index contributed by atoms with van der Waals surface area (Å²) in [5, 5.41) is 12.7. The van der Waals surface area contributed by atoms with Gasteiger partial charge in [-0.2, -0.15) is 0 Å². The lowest BCUT2D eigenvalue weighted by Crippen LogP contribution is -2.27. The Morgan fingerprint density at radius 3 is 2.81 bits per heavy atom. The van der Waals surface area contributed by atoms with E-state index < -0.39 is 7.12 Å². The van der Waals surface area contributed by atoms with E-state index in [9.17, 15) is 5.02 Å². The van der Waals surface area contributed by atoms with Crippen LogP contribution >= 0.6 is 0 Å². The summed E-state index contributed by atoms with van der Waals surface area (Å²) in [5.74, 6) is 0.673. The van der Waals surface area contributed by atoms with Gasteiger partial charge in [-0.1, -0.05) is 26.0 Å². The van der Waals surface area contributed by atoms with Gasteiger partial charge in [0.2, 0.25) is 5.69 Å². The second kappa shape index (κ2) is 6.89. The van der Waals surface area contributed by atoms with Gasteiger partial charge in [-0.15, -0.1) is 0 Å². The molecule has 0 fully saturated rings. The highest BCUT2D eigenvalue weighted by Gasteiger charge is 2.26. The van der Waals surface area contributed by atoms with E-state index in [4.69, 9.17) is 11.2 Å². The molecule has 6 heteroatoms. The van der Waals surface area contributed by atoms with E-state index in [0.29, 0.717) is 18.1 Å². The van der Waals surface area contributed by atoms with Crippen molar-refractivity contribution in [3.8, 4) is 0 Å². The maximum absolute atomic E-state index is 9.54. The number of fused-ring (bicyclic) bond motifs is 1. The van der Waals surface area contributed by atoms with Gasteiger partial charge in [-0.25, -0.2) is 4.85 Å². The molecular formula is C15H16BN3O2. The van der Waals surface area contributed by atoms with E-state index in [2.05, 4.69) is 15.1 Å². The summed E-state index contributed by atoms with van der Waals surface area (Å²) in [6.45, 7) is 11.3. The van der Waals surface area contributed by atoms with Crippen LogP contribution in [0.1, 0.15) is 19.4 Å². The summed E-state index contributed by atoms with van der Waals surface area (Å²) in [5.41, 5.74) is 3.16. The highest BCUT2D eigenvalue weighted by atomic mass is 16.5. The quantitative estimate of drug-likeness (QED) is 0.656. The molecule has 1 aliphatic rings. The van der Waals surface area contributed by atoms with Gasteiger partial charge in [0.05, 0.1) is 13.2 Å². The molecule has 0 saturated carbocycles. The number of rotatable bonds is 2. The Labute approximate surface area is 124 Å². The lowest BCUT2D eigenvalue weighted by atomic mass is 9.79. The molecule has 0 saturated heterocycles. The van der Waals surface area contributed by atoms with Crippen LogP contribution < -0.4 is 10.8 Å². The molecule has 0 spiro atoms. The first kappa shape index (κ1) is 15.0. The van der Waals surface area contributed by atoms with Crippen LogP contribution in [-0.2, 0) is 11.3 Å². The summed E-state index contributed by atoms with van der Waals surface area (Å²) in [7, 11) is -0.819. The number of nitrogens with one attached hydrogen (secondary N) is 1. The second-order valence-corrected chi connectivity index (χ2v) is 4.22. The Morgan fingerprint density at radius 1 is 1.33 bits per heavy atom. The maximum Gasteiger partial charge on any atom is 0.491 e. The van der Waals surface area contributed by atoms with Gasteiger partial charge in [0.15, 0.2) is 0 Å². The van der Waals surface area contributed by atoms with Crippen LogP contribution in [0.15, 0.2) is 36.5 Å². The Hall–Kier alpha value is -2.36. The number of pyridine rings is 1. The minimum atomic E-state index is -0.819. The van der Waals surface area contributed by atoms with Crippen molar-refractivity contribution >= 4 is 29.8 Å². The molecule has 2 heterocycles. The zero-order valence-corrected chi connectivity index (χ0v) is 12.0. The minimum Gasteiger partial charge on any atom is -0.423 e. The molecule has 2 N–H and O–H groups in total. The minimum absolute atomic E-state index is 0.413. The molecule has 2 aromatic rings. The highest BCUT2D eigenvalue weighted by molar-refractivity contribution is 6.61. The molecule has 5 nitrogen and oxygen atoms in total. The fourth-order valence-electron chi connectivity index (χ4n) is 1.98. The molecule has 106 valence electrons. The van der Waals surface area contributed by atoms with E-state index in [0.717, 1.165) is 16.7 Å². The summed E-state index contributed by atoms with van der Waals surface area (Å²) in [6, 6.07) is 9.09. The van der Waals surface area contributed by atoms with Crippen molar-refractivity contribution in [3.63, 3.8) is 0 Å². The molecule has 0 amide bonds. The summed E-state index contributed by atoms with van der Waals surface area (Å²) < 4.78 is 5.14. The van der Waals surface area contributed by atoms with Gasteiger partial charge in [-0.3, -0.25) is 4.98 Å². The van der Waals surface area contributed by atoms with Gasteiger partial charge in [-0.05, 0) is 29.2 Å². The summed E-state index contributed by atoms with van der Waals surface area (Å²) in [4.78, 5) is 7.44. The van der Waals surface area contributed by atoms with Crippen LogP contribution in [0.3, 0.4) is 0 Å². The lowest BCUT2D eigenvalue weighted by molar-refractivity contribution is 0.275.